The maximum Gasteiger partial charge on any atom is -0.000968 e. The average Bonchev–Trinajstić information content (AvgIpc) is 3.04. The highest BCUT2D eigenvalue weighted by atomic mass is 15.1. The van der Waals surface area contributed by atoms with Crippen LogP contribution in [0.15, 0.2) is 0 Å². The number of hydrogen-bond donors (Lipinski definition) is 6. The zero-order valence-electron chi connectivity index (χ0n) is 28.9. The van der Waals surface area contributed by atoms with Gasteiger partial charge in [-0.1, -0.05) is 40.5 Å². The van der Waals surface area contributed by atoms with E-state index >= 15 is 0 Å². The number of unbranched alkanes of at least 4 members (excludes halogenated alkanes) is 1. The standard InChI is InChI=1S/C19H44N6.C7H13N.C4H10.C2H6.CH5N/c1-25-18-6-16-23-14-4-12-21-10-2-8-20-9-3-11-22-13-5-15-24-17-7-19-25;1-4-8-5-2-7(1)3-6-8;1-3-4-2;2*1-2/h20-24H,2-19H2,1H3;7H,1-6H2;3-4H2,1-2H3;1-2H3;2H2,1H3. The van der Waals surface area contributed by atoms with Gasteiger partial charge < -0.3 is 42.1 Å². The van der Waals surface area contributed by atoms with Crippen LogP contribution in [0.25, 0.3) is 0 Å². The first-order valence-corrected chi connectivity index (χ1v) is 17.8. The third-order valence-electron chi connectivity index (χ3n) is 7.68. The Kier molecular flexibility index (Phi) is 39.4. The number of fused-ring (bicyclic) bond motifs is 3. The van der Waals surface area contributed by atoms with E-state index in [-0.39, 0.29) is 0 Å². The van der Waals surface area contributed by atoms with Crippen molar-refractivity contribution >= 4 is 0 Å². The molecule has 4 saturated heterocycles. The van der Waals surface area contributed by atoms with Gasteiger partial charge in [0.05, 0.1) is 0 Å². The Morgan fingerprint density at radius 3 is 0.951 bits per heavy atom. The molecule has 4 aliphatic heterocycles. The van der Waals surface area contributed by atoms with Crippen LogP contribution in [0.4, 0.5) is 0 Å². The van der Waals surface area contributed by atoms with Gasteiger partial charge >= 0.3 is 0 Å². The lowest BCUT2D eigenvalue weighted by atomic mass is 9.89. The summed E-state index contributed by atoms with van der Waals surface area (Å²) in [5.74, 6) is 1.11. The first kappa shape index (κ1) is 42.8. The van der Waals surface area contributed by atoms with Gasteiger partial charge in [0.25, 0.3) is 0 Å². The molecular formula is C33H78N8. The average molecular weight is 587 g/mol. The van der Waals surface area contributed by atoms with Gasteiger partial charge in [-0.2, -0.15) is 0 Å². The predicted molar refractivity (Wildman–Crippen MR) is 185 cm³/mol. The summed E-state index contributed by atoms with van der Waals surface area (Å²) in [6.45, 7) is 26.2. The lowest BCUT2D eigenvalue weighted by Crippen LogP contribution is -2.41. The monoisotopic (exact) mass is 587 g/mol. The van der Waals surface area contributed by atoms with Crippen LogP contribution < -0.4 is 32.3 Å². The molecule has 7 N–H and O–H groups in total. The molecule has 250 valence electrons. The molecule has 41 heavy (non-hydrogen) atoms. The normalized spacial score (nSPS) is 24.7. The van der Waals surface area contributed by atoms with Crippen LogP contribution >= 0.6 is 0 Å². The molecule has 0 aromatic rings. The van der Waals surface area contributed by atoms with Crippen molar-refractivity contribution in [2.75, 3.05) is 112 Å². The van der Waals surface area contributed by atoms with Gasteiger partial charge in [0, 0.05) is 0 Å². The van der Waals surface area contributed by atoms with Crippen molar-refractivity contribution < 1.29 is 0 Å². The zero-order chi connectivity index (χ0) is 30.7. The summed E-state index contributed by atoms with van der Waals surface area (Å²) in [5, 5.41) is 17.7. The Hall–Kier alpha value is -0.320. The smallest absolute Gasteiger partial charge is 0.000968 e. The number of rotatable bonds is 1. The minimum Gasteiger partial charge on any atom is -0.333 e. The number of nitrogens with one attached hydrogen (secondary N) is 5. The fraction of sp³-hybridized carbons (Fsp3) is 1.00. The molecular weight excluding hydrogens is 508 g/mol. The second kappa shape index (κ2) is 37.7. The molecule has 0 unspecified atom stereocenters. The molecule has 4 aliphatic rings. The maximum absolute atomic E-state index is 4.50. The van der Waals surface area contributed by atoms with E-state index in [0.29, 0.717) is 0 Å². The maximum atomic E-state index is 4.50. The molecule has 0 atom stereocenters. The summed E-state index contributed by atoms with van der Waals surface area (Å²) in [7, 11) is 3.74. The highest BCUT2D eigenvalue weighted by Crippen LogP contribution is 2.26. The zero-order valence-corrected chi connectivity index (χ0v) is 28.9. The minimum absolute atomic E-state index is 1.11. The largest absolute Gasteiger partial charge is 0.333 e. The lowest BCUT2D eigenvalue weighted by Gasteiger charge is -2.38. The molecule has 8 nitrogen and oxygen atoms in total. The van der Waals surface area contributed by atoms with Gasteiger partial charge in [-0.05, 0) is 176 Å². The molecule has 0 spiro atoms. The van der Waals surface area contributed by atoms with Crippen LogP contribution in [0.2, 0.25) is 0 Å². The van der Waals surface area contributed by atoms with E-state index < -0.39 is 0 Å². The minimum atomic E-state index is 1.11. The number of nitrogens with zero attached hydrogens (tertiary/aromatic N) is 2. The van der Waals surface area contributed by atoms with Gasteiger partial charge in [0.2, 0.25) is 0 Å². The van der Waals surface area contributed by atoms with Crippen LogP contribution in [-0.2, 0) is 0 Å². The Morgan fingerprint density at radius 1 is 0.488 bits per heavy atom. The first-order valence-electron chi connectivity index (χ1n) is 17.8. The first-order chi connectivity index (χ1) is 20.3. The summed E-state index contributed by atoms with van der Waals surface area (Å²) in [5.41, 5.74) is 4.50. The highest BCUT2D eigenvalue weighted by Gasteiger charge is 2.24. The molecule has 2 bridgehead atoms. The van der Waals surface area contributed by atoms with Crippen molar-refractivity contribution in [3.05, 3.63) is 0 Å². The molecule has 0 radical (unpaired) electrons. The van der Waals surface area contributed by atoms with Gasteiger partial charge in [0.15, 0.2) is 0 Å². The van der Waals surface area contributed by atoms with E-state index in [9.17, 15) is 0 Å². The third-order valence-corrected chi connectivity index (χ3v) is 7.68. The molecule has 0 aromatic carbocycles. The number of piperidine rings is 3. The molecule has 4 rings (SSSR count). The van der Waals surface area contributed by atoms with E-state index in [1.54, 1.807) is 0 Å². The quantitative estimate of drug-likeness (QED) is 0.277. The Labute approximate surface area is 258 Å². The third kappa shape index (κ3) is 32.4. The summed E-state index contributed by atoms with van der Waals surface area (Å²) in [6.07, 6.45) is 14.5. The van der Waals surface area contributed by atoms with Crippen molar-refractivity contribution in [3.63, 3.8) is 0 Å². The van der Waals surface area contributed by atoms with E-state index in [0.717, 1.165) is 71.4 Å². The van der Waals surface area contributed by atoms with Crippen LogP contribution in [0.5, 0.6) is 0 Å². The predicted octanol–water partition coefficient (Wildman–Crippen LogP) is 3.73. The van der Waals surface area contributed by atoms with Crippen molar-refractivity contribution in [1.82, 2.24) is 36.4 Å². The summed E-state index contributed by atoms with van der Waals surface area (Å²) < 4.78 is 0. The molecule has 4 heterocycles. The molecule has 8 heteroatoms. The van der Waals surface area contributed by atoms with Crippen LogP contribution in [0, 0.1) is 5.92 Å². The number of nitrogens with two attached hydrogens (primary N) is 1. The second-order valence-electron chi connectivity index (χ2n) is 11.2. The molecule has 4 fully saturated rings. The van der Waals surface area contributed by atoms with Gasteiger partial charge in [-0.25, -0.2) is 0 Å². The molecule has 0 aromatic heterocycles. The molecule has 0 amide bonds. The molecule has 0 aliphatic carbocycles. The fourth-order valence-corrected chi connectivity index (χ4v) is 4.90. The Bertz CT molecular complexity index is 398. The van der Waals surface area contributed by atoms with Crippen LogP contribution in [0.1, 0.15) is 98.3 Å². The number of hydrogen-bond acceptors (Lipinski definition) is 8. The van der Waals surface area contributed by atoms with Crippen molar-refractivity contribution in [3.8, 4) is 0 Å². The second-order valence-corrected chi connectivity index (χ2v) is 11.2. The van der Waals surface area contributed by atoms with Gasteiger partial charge in [-0.15, -0.1) is 0 Å². The Morgan fingerprint density at radius 2 is 0.756 bits per heavy atom. The van der Waals surface area contributed by atoms with E-state index in [2.05, 4.69) is 63.0 Å². The van der Waals surface area contributed by atoms with E-state index in [4.69, 9.17) is 0 Å². The van der Waals surface area contributed by atoms with Crippen molar-refractivity contribution in [2.45, 2.75) is 98.3 Å². The summed E-state index contributed by atoms with van der Waals surface area (Å²) in [4.78, 5) is 5.04. The van der Waals surface area contributed by atoms with E-state index in [1.165, 1.54) is 110 Å². The highest BCUT2D eigenvalue weighted by molar-refractivity contribution is 4.78. The summed E-state index contributed by atoms with van der Waals surface area (Å²) >= 11 is 0. The van der Waals surface area contributed by atoms with Crippen LogP contribution in [0.3, 0.4) is 0 Å². The summed E-state index contributed by atoms with van der Waals surface area (Å²) in [6, 6.07) is 0. The van der Waals surface area contributed by atoms with Crippen molar-refractivity contribution in [2.24, 2.45) is 11.7 Å². The fourth-order valence-electron chi connectivity index (χ4n) is 4.90. The van der Waals surface area contributed by atoms with Gasteiger partial charge in [-0.3, -0.25) is 0 Å². The van der Waals surface area contributed by atoms with Crippen molar-refractivity contribution in [1.29, 1.82) is 0 Å². The SMILES string of the molecule is C1CN2CCC1CC2.CC.CCCC.CN.CN1CCCNCCCNCCCNCCCNCCCNCCC1. The Balaban J connectivity index is 0. The van der Waals surface area contributed by atoms with Gasteiger partial charge in [0.1, 0.15) is 0 Å². The molecule has 0 saturated carbocycles. The van der Waals surface area contributed by atoms with E-state index in [1.807, 2.05) is 13.8 Å². The van der Waals surface area contributed by atoms with Crippen LogP contribution in [-0.4, -0.2) is 122 Å². The lowest BCUT2D eigenvalue weighted by molar-refractivity contribution is 0.111. The topological polar surface area (TPSA) is 92.7 Å².